The molecule has 0 saturated carbocycles. The number of rotatable bonds is 7. The molecule has 6 heteroatoms. The number of aliphatic hydroxyl groups is 1. The van der Waals surface area contributed by atoms with Crippen LogP contribution in [-0.4, -0.2) is 46.1 Å². The van der Waals surface area contributed by atoms with E-state index in [-0.39, 0.29) is 6.61 Å². The summed E-state index contributed by atoms with van der Waals surface area (Å²) < 4.78 is 7.09. The van der Waals surface area contributed by atoms with E-state index in [1.165, 1.54) is 5.56 Å². The van der Waals surface area contributed by atoms with Crippen LogP contribution in [0.3, 0.4) is 0 Å². The van der Waals surface area contributed by atoms with Crippen molar-refractivity contribution in [3.8, 4) is 11.1 Å². The van der Waals surface area contributed by atoms with Gasteiger partial charge in [-0.15, -0.1) is 0 Å². The van der Waals surface area contributed by atoms with Crippen LogP contribution in [0.4, 0.5) is 5.82 Å². The van der Waals surface area contributed by atoms with Crippen LogP contribution >= 0.6 is 0 Å². The Bertz CT molecular complexity index is 812. The van der Waals surface area contributed by atoms with Gasteiger partial charge in [0, 0.05) is 23.9 Å². The molecule has 6 nitrogen and oxygen atoms in total. The van der Waals surface area contributed by atoms with Crippen molar-refractivity contribution in [2.24, 2.45) is 0 Å². The Morgan fingerprint density at radius 2 is 1.96 bits per heavy atom. The van der Waals surface area contributed by atoms with Crippen LogP contribution in [-0.2, 0) is 4.74 Å². The van der Waals surface area contributed by atoms with Gasteiger partial charge in [0.05, 0.1) is 26.0 Å². The molecule has 0 spiro atoms. The molecular formula is C18H22N4O2. The van der Waals surface area contributed by atoms with Crippen molar-refractivity contribution in [2.75, 3.05) is 31.7 Å². The van der Waals surface area contributed by atoms with Crippen LogP contribution in [0.5, 0.6) is 0 Å². The normalized spacial score (nSPS) is 11.1. The zero-order valence-corrected chi connectivity index (χ0v) is 14.0. The molecule has 126 valence electrons. The maximum absolute atomic E-state index is 8.72. The average molecular weight is 326 g/mol. The van der Waals surface area contributed by atoms with Crippen molar-refractivity contribution in [1.29, 1.82) is 0 Å². The van der Waals surface area contributed by atoms with Gasteiger partial charge in [0.2, 0.25) is 0 Å². The van der Waals surface area contributed by atoms with E-state index in [4.69, 9.17) is 9.84 Å². The number of aliphatic hydroxyl groups excluding tert-OH is 1. The minimum atomic E-state index is 0.0394. The first-order chi connectivity index (χ1) is 11.7. The number of hydrogen-bond donors (Lipinski definition) is 2. The molecular weight excluding hydrogens is 304 g/mol. The van der Waals surface area contributed by atoms with E-state index in [9.17, 15) is 0 Å². The second kappa shape index (κ2) is 7.42. The summed E-state index contributed by atoms with van der Waals surface area (Å²) in [6, 6.07) is 10.3. The van der Waals surface area contributed by atoms with Gasteiger partial charge >= 0.3 is 0 Å². The monoisotopic (exact) mass is 326 g/mol. The highest BCUT2D eigenvalue weighted by Gasteiger charge is 2.11. The lowest BCUT2D eigenvalue weighted by Gasteiger charge is -2.10. The molecule has 2 heterocycles. The number of aryl methyl sites for hydroxylation is 2. The Hall–Kier alpha value is -2.44. The first-order valence-electron chi connectivity index (χ1n) is 8.04. The van der Waals surface area contributed by atoms with Crippen LogP contribution < -0.4 is 5.32 Å². The van der Waals surface area contributed by atoms with Crippen molar-refractivity contribution < 1.29 is 9.84 Å². The van der Waals surface area contributed by atoms with Crippen LogP contribution in [0, 0.1) is 13.8 Å². The molecule has 0 bridgehead atoms. The predicted molar refractivity (Wildman–Crippen MR) is 94.3 cm³/mol. The predicted octanol–water partition coefficient (Wildman–Crippen LogP) is 2.43. The molecule has 0 amide bonds. The SMILES string of the molecule is Cc1ccc(-c2cnn3c(NCCOCCO)cc(C)nc23)cc1. The molecule has 0 radical (unpaired) electrons. The topological polar surface area (TPSA) is 71.7 Å². The van der Waals surface area contributed by atoms with Gasteiger partial charge in [-0.1, -0.05) is 29.8 Å². The van der Waals surface area contributed by atoms with Crippen molar-refractivity contribution in [1.82, 2.24) is 14.6 Å². The summed E-state index contributed by atoms with van der Waals surface area (Å²) >= 11 is 0. The van der Waals surface area contributed by atoms with Crippen LogP contribution in [0.25, 0.3) is 16.8 Å². The zero-order valence-electron chi connectivity index (χ0n) is 14.0. The summed E-state index contributed by atoms with van der Waals surface area (Å²) in [7, 11) is 0. The van der Waals surface area contributed by atoms with Gasteiger partial charge in [0.15, 0.2) is 5.65 Å². The Balaban J connectivity index is 1.88. The van der Waals surface area contributed by atoms with Gasteiger partial charge in [-0.25, -0.2) is 4.98 Å². The van der Waals surface area contributed by atoms with Crippen LogP contribution in [0.2, 0.25) is 0 Å². The molecule has 2 N–H and O–H groups in total. The van der Waals surface area contributed by atoms with E-state index < -0.39 is 0 Å². The summed E-state index contributed by atoms with van der Waals surface area (Å²) in [4.78, 5) is 4.65. The quantitative estimate of drug-likeness (QED) is 0.653. The molecule has 0 aliphatic rings. The number of fused-ring (bicyclic) bond motifs is 1. The minimum absolute atomic E-state index is 0.0394. The fourth-order valence-electron chi connectivity index (χ4n) is 2.56. The molecule has 0 unspecified atom stereocenters. The molecule has 24 heavy (non-hydrogen) atoms. The fraction of sp³-hybridized carbons (Fsp3) is 0.333. The maximum atomic E-state index is 8.72. The van der Waals surface area contributed by atoms with Gasteiger partial charge in [-0.3, -0.25) is 0 Å². The highest BCUT2D eigenvalue weighted by Crippen LogP contribution is 2.25. The number of nitrogens with one attached hydrogen (secondary N) is 1. The Morgan fingerprint density at radius 1 is 1.17 bits per heavy atom. The fourth-order valence-corrected chi connectivity index (χ4v) is 2.56. The van der Waals surface area contributed by atoms with Crippen LogP contribution in [0.15, 0.2) is 36.5 Å². The number of benzene rings is 1. The van der Waals surface area contributed by atoms with Crippen molar-refractivity contribution in [3.63, 3.8) is 0 Å². The Morgan fingerprint density at radius 3 is 2.71 bits per heavy atom. The highest BCUT2D eigenvalue weighted by atomic mass is 16.5. The minimum Gasteiger partial charge on any atom is -0.394 e. The van der Waals surface area contributed by atoms with Gasteiger partial charge in [-0.05, 0) is 19.4 Å². The van der Waals surface area contributed by atoms with Gasteiger partial charge in [-0.2, -0.15) is 9.61 Å². The number of aromatic nitrogens is 3. The molecule has 0 aliphatic carbocycles. The number of anilines is 1. The average Bonchev–Trinajstić information content (AvgIpc) is 2.99. The molecule has 3 aromatic rings. The summed E-state index contributed by atoms with van der Waals surface area (Å²) in [5.41, 5.74) is 5.10. The summed E-state index contributed by atoms with van der Waals surface area (Å²) in [5, 5.41) is 16.5. The van der Waals surface area contributed by atoms with E-state index >= 15 is 0 Å². The third-order valence-corrected chi connectivity index (χ3v) is 3.75. The van der Waals surface area contributed by atoms with E-state index in [2.05, 4.69) is 46.6 Å². The lowest BCUT2D eigenvalue weighted by atomic mass is 10.1. The Kier molecular flexibility index (Phi) is 5.08. The first-order valence-corrected chi connectivity index (χ1v) is 8.04. The lowest BCUT2D eigenvalue weighted by molar-refractivity contribution is 0.0991. The maximum Gasteiger partial charge on any atom is 0.165 e. The summed E-state index contributed by atoms with van der Waals surface area (Å²) in [6.07, 6.45) is 1.85. The van der Waals surface area contributed by atoms with Crippen molar-refractivity contribution in [2.45, 2.75) is 13.8 Å². The molecule has 0 saturated heterocycles. The summed E-state index contributed by atoms with van der Waals surface area (Å²) in [6.45, 7) is 5.60. The third-order valence-electron chi connectivity index (χ3n) is 3.75. The molecule has 0 aliphatic heterocycles. The third kappa shape index (κ3) is 3.55. The zero-order chi connectivity index (χ0) is 16.9. The van der Waals surface area contributed by atoms with Crippen LogP contribution in [0.1, 0.15) is 11.3 Å². The van der Waals surface area contributed by atoms with E-state index in [0.29, 0.717) is 19.8 Å². The smallest absolute Gasteiger partial charge is 0.165 e. The molecule has 0 fully saturated rings. The van der Waals surface area contributed by atoms with Gasteiger partial charge in [0.25, 0.3) is 0 Å². The van der Waals surface area contributed by atoms with Crippen molar-refractivity contribution in [3.05, 3.63) is 47.8 Å². The molecule has 3 rings (SSSR count). The molecule has 2 aromatic heterocycles. The van der Waals surface area contributed by atoms with E-state index in [1.54, 1.807) is 0 Å². The van der Waals surface area contributed by atoms with Crippen molar-refractivity contribution >= 4 is 11.5 Å². The second-order valence-corrected chi connectivity index (χ2v) is 5.71. The Labute approximate surface area is 141 Å². The van der Waals surface area contributed by atoms with Gasteiger partial charge in [0.1, 0.15) is 5.82 Å². The van der Waals surface area contributed by atoms with E-state index in [1.807, 2.05) is 23.7 Å². The summed E-state index contributed by atoms with van der Waals surface area (Å²) in [5.74, 6) is 0.878. The standard InChI is InChI=1S/C18H22N4O2/c1-13-3-5-15(6-4-13)16-12-20-22-17(11-14(2)21-18(16)22)19-7-9-24-10-8-23/h3-6,11-12,19,23H,7-10H2,1-2H3. The lowest BCUT2D eigenvalue weighted by Crippen LogP contribution is -2.14. The molecule has 0 atom stereocenters. The second-order valence-electron chi connectivity index (χ2n) is 5.71. The highest BCUT2D eigenvalue weighted by molar-refractivity contribution is 5.78. The number of ether oxygens (including phenoxy) is 1. The number of hydrogen-bond acceptors (Lipinski definition) is 5. The van der Waals surface area contributed by atoms with Gasteiger partial charge < -0.3 is 15.2 Å². The number of nitrogens with zero attached hydrogens (tertiary/aromatic N) is 3. The first kappa shape index (κ1) is 16.4. The van der Waals surface area contributed by atoms with E-state index in [0.717, 1.165) is 28.3 Å². The largest absolute Gasteiger partial charge is 0.394 e. The molecule has 1 aromatic carbocycles.